The molecule has 0 aromatic carbocycles. The van der Waals surface area contributed by atoms with Crippen molar-refractivity contribution < 1.29 is 0 Å². The lowest BCUT2D eigenvalue weighted by Gasteiger charge is -2.11. The van der Waals surface area contributed by atoms with Gasteiger partial charge in [0.15, 0.2) is 0 Å². The molecule has 0 aliphatic rings. The van der Waals surface area contributed by atoms with E-state index < -0.39 is 0 Å². The van der Waals surface area contributed by atoms with Crippen LogP contribution < -0.4 is 0 Å². The molecule has 0 aliphatic carbocycles. The predicted octanol–water partition coefficient (Wildman–Crippen LogP) is 2.01. The number of hydrazone groups is 1. The van der Waals surface area contributed by atoms with Gasteiger partial charge in [-0.15, -0.1) is 0 Å². The van der Waals surface area contributed by atoms with Crippen molar-refractivity contribution in [1.82, 2.24) is 5.01 Å². The molecule has 0 heterocycles. The van der Waals surface area contributed by atoms with Gasteiger partial charge in [0.05, 0.1) is 5.71 Å². The normalized spacial score (nSPS) is 10.9. The highest BCUT2D eigenvalue weighted by molar-refractivity contribution is 5.91. The Labute approximate surface area is 62.5 Å². The van der Waals surface area contributed by atoms with Gasteiger partial charge in [0, 0.05) is 12.7 Å². The molecule has 10 heavy (non-hydrogen) atoms. The molecule has 0 unspecified atom stereocenters. The largest absolute Gasteiger partial charge is 0.273 e. The van der Waals surface area contributed by atoms with Crippen molar-refractivity contribution in [2.45, 2.75) is 13.8 Å². The van der Waals surface area contributed by atoms with Crippen LogP contribution >= 0.6 is 0 Å². The Morgan fingerprint density at radius 1 is 1.50 bits per heavy atom. The standard InChI is InChI=1S/C8H14N2/c1-6-8(4)9-10(5)7(2)3/h6H,1-2H2,3-5H3/b9-8-. The molecular weight excluding hydrogens is 124 g/mol. The van der Waals surface area contributed by atoms with E-state index in [4.69, 9.17) is 0 Å². The Bertz CT molecular complexity index is 168. The van der Waals surface area contributed by atoms with E-state index in [-0.39, 0.29) is 0 Å². The van der Waals surface area contributed by atoms with Crippen molar-refractivity contribution in [3.05, 3.63) is 24.9 Å². The maximum Gasteiger partial charge on any atom is 0.0572 e. The molecule has 0 N–H and O–H groups in total. The van der Waals surface area contributed by atoms with Crippen LogP contribution in [0.25, 0.3) is 0 Å². The summed E-state index contributed by atoms with van der Waals surface area (Å²) in [7, 11) is 1.86. The summed E-state index contributed by atoms with van der Waals surface area (Å²) in [6, 6.07) is 0. The predicted molar refractivity (Wildman–Crippen MR) is 45.9 cm³/mol. The highest BCUT2D eigenvalue weighted by atomic mass is 15.4. The Morgan fingerprint density at radius 3 is 2.30 bits per heavy atom. The molecule has 0 saturated heterocycles. The molecule has 0 bridgehead atoms. The zero-order valence-electron chi connectivity index (χ0n) is 6.89. The molecule has 0 aromatic heterocycles. The van der Waals surface area contributed by atoms with Crippen LogP contribution in [0.1, 0.15) is 13.8 Å². The van der Waals surface area contributed by atoms with Crippen LogP contribution in [-0.4, -0.2) is 17.8 Å². The van der Waals surface area contributed by atoms with Crippen LogP contribution in [0.3, 0.4) is 0 Å². The quantitative estimate of drug-likeness (QED) is 0.430. The zero-order valence-corrected chi connectivity index (χ0v) is 6.89. The van der Waals surface area contributed by atoms with Crippen LogP contribution in [0.2, 0.25) is 0 Å². The van der Waals surface area contributed by atoms with E-state index in [0.29, 0.717) is 0 Å². The third-order valence-electron chi connectivity index (χ3n) is 1.16. The maximum absolute atomic E-state index is 4.13. The lowest BCUT2D eigenvalue weighted by Crippen LogP contribution is -2.08. The zero-order chi connectivity index (χ0) is 8.15. The van der Waals surface area contributed by atoms with Gasteiger partial charge in [-0.25, -0.2) is 0 Å². The molecule has 56 valence electrons. The number of hydrogen-bond acceptors (Lipinski definition) is 2. The van der Waals surface area contributed by atoms with Gasteiger partial charge in [0.2, 0.25) is 0 Å². The minimum absolute atomic E-state index is 0.894. The molecule has 0 atom stereocenters. The number of allylic oxidation sites excluding steroid dienone is 2. The molecule has 0 rings (SSSR count). The van der Waals surface area contributed by atoms with Crippen LogP contribution in [0.4, 0.5) is 0 Å². The topological polar surface area (TPSA) is 15.6 Å². The van der Waals surface area contributed by atoms with Crippen LogP contribution in [0, 0.1) is 0 Å². The molecular formula is C8H14N2. The van der Waals surface area contributed by atoms with Crippen LogP contribution in [0.15, 0.2) is 30.0 Å². The van der Waals surface area contributed by atoms with E-state index in [1.165, 1.54) is 0 Å². The summed E-state index contributed by atoms with van der Waals surface area (Å²) in [6.07, 6.45) is 1.71. The summed E-state index contributed by atoms with van der Waals surface area (Å²) < 4.78 is 0. The van der Waals surface area contributed by atoms with Crippen molar-refractivity contribution in [3.8, 4) is 0 Å². The van der Waals surface area contributed by atoms with Crippen molar-refractivity contribution in [2.24, 2.45) is 5.10 Å². The molecule has 0 radical (unpaired) electrons. The van der Waals surface area contributed by atoms with E-state index >= 15 is 0 Å². The Kier molecular flexibility index (Phi) is 3.47. The minimum Gasteiger partial charge on any atom is -0.273 e. The Morgan fingerprint density at radius 2 is 2.00 bits per heavy atom. The second-order valence-corrected chi connectivity index (χ2v) is 2.20. The van der Waals surface area contributed by atoms with Gasteiger partial charge in [-0.1, -0.05) is 13.2 Å². The molecule has 0 fully saturated rings. The van der Waals surface area contributed by atoms with Gasteiger partial charge in [-0.05, 0) is 19.9 Å². The van der Waals surface area contributed by atoms with Gasteiger partial charge in [0.25, 0.3) is 0 Å². The van der Waals surface area contributed by atoms with Crippen molar-refractivity contribution in [3.63, 3.8) is 0 Å². The molecule has 0 aromatic rings. The number of hydrogen-bond donors (Lipinski definition) is 0. The van der Waals surface area contributed by atoms with Crippen LogP contribution in [-0.2, 0) is 0 Å². The van der Waals surface area contributed by atoms with E-state index in [1.807, 2.05) is 20.9 Å². The lowest BCUT2D eigenvalue weighted by molar-refractivity contribution is 0.450. The summed E-state index contributed by atoms with van der Waals surface area (Å²) in [5, 5.41) is 5.85. The molecule has 0 aliphatic heterocycles. The first-order valence-electron chi connectivity index (χ1n) is 3.14. The van der Waals surface area contributed by atoms with Gasteiger partial charge in [-0.3, -0.25) is 5.01 Å². The Balaban J connectivity index is 4.11. The first-order chi connectivity index (χ1) is 4.57. The third-order valence-corrected chi connectivity index (χ3v) is 1.16. The highest BCUT2D eigenvalue weighted by Gasteiger charge is 1.90. The van der Waals surface area contributed by atoms with Crippen LogP contribution in [0.5, 0.6) is 0 Å². The third kappa shape index (κ3) is 3.07. The van der Waals surface area contributed by atoms with E-state index in [1.54, 1.807) is 11.1 Å². The molecule has 0 spiro atoms. The van der Waals surface area contributed by atoms with Crippen molar-refractivity contribution >= 4 is 5.71 Å². The van der Waals surface area contributed by atoms with Gasteiger partial charge in [-0.2, -0.15) is 5.10 Å². The fourth-order valence-corrected chi connectivity index (χ4v) is 0.363. The maximum atomic E-state index is 4.13. The summed E-state index contributed by atoms with van der Waals surface area (Å²) >= 11 is 0. The van der Waals surface area contributed by atoms with E-state index in [9.17, 15) is 0 Å². The first-order valence-corrected chi connectivity index (χ1v) is 3.14. The number of rotatable bonds is 3. The molecule has 0 saturated carbocycles. The number of nitrogens with zero attached hydrogens (tertiary/aromatic N) is 2. The molecule has 2 nitrogen and oxygen atoms in total. The second-order valence-electron chi connectivity index (χ2n) is 2.20. The second kappa shape index (κ2) is 3.88. The summed E-state index contributed by atoms with van der Waals surface area (Å²) in [4.78, 5) is 0. The SMILES string of the molecule is C=C/C(C)=N\N(C)C(=C)C. The Hall–Kier alpha value is -1.05. The molecule has 0 amide bonds. The fourth-order valence-electron chi connectivity index (χ4n) is 0.363. The molecule has 2 heteroatoms. The van der Waals surface area contributed by atoms with E-state index in [2.05, 4.69) is 18.3 Å². The summed E-state index contributed by atoms with van der Waals surface area (Å²) in [5.41, 5.74) is 1.81. The smallest absolute Gasteiger partial charge is 0.0572 e. The van der Waals surface area contributed by atoms with Gasteiger partial charge < -0.3 is 0 Å². The van der Waals surface area contributed by atoms with Gasteiger partial charge in [0.1, 0.15) is 0 Å². The average Bonchev–Trinajstić information content (AvgIpc) is 1.87. The summed E-state index contributed by atoms with van der Waals surface area (Å²) in [6.45, 7) is 11.1. The summed E-state index contributed by atoms with van der Waals surface area (Å²) in [5.74, 6) is 0. The minimum atomic E-state index is 0.894. The monoisotopic (exact) mass is 138 g/mol. The first kappa shape index (κ1) is 8.95. The highest BCUT2D eigenvalue weighted by Crippen LogP contribution is 1.96. The van der Waals surface area contributed by atoms with Crippen molar-refractivity contribution in [2.75, 3.05) is 7.05 Å². The van der Waals surface area contributed by atoms with Crippen molar-refractivity contribution in [1.29, 1.82) is 0 Å². The fraction of sp³-hybridized carbons (Fsp3) is 0.375. The average molecular weight is 138 g/mol. The van der Waals surface area contributed by atoms with E-state index in [0.717, 1.165) is 11.4 Å². The van der Waals surface area contributed by atoms with Gasteiger partial charge >= 0.3 is 0 Å². The lowest BCUT2D eigenvalue weighted by atomic mass is 10.4.